The quantitative estimate of drug-likeness (QED) is 0.670. The van der Waals surface area contributed by atoms with Crippen molar-refractivity contribution in [1.29, 1.82) is 0 Å². The van der Waals surface area contributed by atoms with Gasteiger partial charge in [-0.15, -0.1) is 0 Å². The molecule has 2 aliphatic rings. The van der Waals surface area contributed by atoms with Gasteiger partial charge in [-0.25, -0.2) is 4.98 Å². The summed E-state index contributed by atoms with van der Waals surface area (Å²) in [6.07, 6.45) is 5.51. The number of carbonyl (C=O) groups excluding carboxylic acids is 1. The van der Waals surface area contributed by atoms with Gasteiger partial charge in [0.2, 0.25) is 5.89 Å². The number of para-hydroxylation sites is 1. The van der Waals surface area contributed by atoms with Gasteiger partial charge in [0.05, 0.1) is 25.3 Å². The normalized spacial score (nSPS) is 21.9. The number of nitrogens with zero attached hydrogens (tertiary/aromatic N) is 3. The number of benzene rings is 1. The Balaban J connectivity index is 1.21. The summed E-state index contributed by atoms with van der Waals surface area (Å²) in [7, 11) is 0. The smallest absolute Gasteiger partial charge is 0.273 e. The van der Waals surface area contributed by atoms with Gasteiger partial charge in [-0.3, -0.25) is 14.7 Å². The van der Waals surface area contributed by atoms with Crippen LogP contribution >= 0.6 is 0 Å². The van der Waals surface area contributed by atoms with Crippen molar-refractivity contribution in [2.75, 3.05) is 26.3 Å². The van der Waals surface area contributed by atoms with Crippen molar-refractivity contribution < 1.29 is 18.7 Å². The lowest BCUT2D eigenvalue weighted by atomic mass is 10.1. The topological polar surface area (TPSA) is 89.7 Å². The molecule has 5 rings (SSSR count). The average Bonchev–Trinajstić information content (AvgIpc) is 3.53. The van der Waals surface area contributed by atoms with E-state index in [2.05, 4.69) is 20.2 Å². The first kappa shape index (κ1) is 19.0. The molecule has 2 saturated heterocycles. The van der Waals surface area contributed by atoms with Crippen molar-refractivity contribution >= 4 is 16.8 Å². The number of fused-ring (bicyclic) bond motifs is 1. The van der Waals surface area contributed by atoms with Crippen molar-refractivity contribution in [3.05, 3.63) is 54.4 Å². The minimum absolute atomic E-state index is 0.0336. The summed E-state index contributed by atoms with van der Waals surface area (Å²) in [6, 6.07) is 9.79. The predicted octanol–water partition coefficient (Wildman–Crippen LogP) is 2.39. The molecule has 0 saturated carbocycles. The van der Waals surface area contributed by atoms with Gasteiger partial charge in [-0.05, 0) is 38.1 Å². The summed E-state index contributed by atoms with van der Waals surface area (Å²) < 4.78 is 16.9. The van der Waals surface area contributed by atoms with E-state index in [1.165, 1.54) is 19.1 Å². The van der Waals surface area contributed by atoms with Crippen LogP contribution in [0, 0.1) is 0 Å². The number of nitrogens with one attached hydrogen (secondary N) is 1. The number of aromatic nitrogens is 2. The van der Waals surface area contributed by atoms with Crippen molar-refractivity contribution in [2.45, 2.75) is 31.5 Å². The third-order valence-corrected chi connectivity index (χ3v) is 5.71. The van der Waals surface area contributed by atoms with Crippen LogP contribution in [0.25, 0.3) is 10.9 Å². The first-order valence-electron chi connectivity index (χ1n) is 10.3. The Kier molecular flexibility index (Phi) is 5.33. The number of likely N-dealkylation sites (tertiary alicyclic amines) is 1. The molecule has 3 aromatic rings. The van der Waals surface area contributed by atoms with E-state index in [1.54, 1.807) is 6.20 Å². The molecule has 2 aliphatic heterocycles. The van der Waals surface area contributed by atoms with E-state index >= 15 is 0 Å². The van der Waals surface area contributed by atoms with E-state index < -0.39 is 0 Å². The van der Waals surface area contributed by atoms with E-state index in [-0.39, 0.29) is 30.3 Å². The van der Waals surface area contributed by atoms with Gasteiger partial charge in [-0.1, -0.05) is 18.2 Å². The maximum Gasteiger partial charge on any atom is 0.273 e. The number of amides is 1. The molecule has 1 aromatic carbocycles. The summed E-state index contributed by atoms with van der Waals surface area (Å²) in [5, 5.41) is 4.05. The minimum atomic E-state index is -0.253. The van der Waals surface area contributed by atoms with E-state index in [4.69, 9.17) is 13.9 Å². The molecular weight excluding hydrogens is 384 g/mol. The molecule has 2 atom stereocenters. The number of ether oxygens (including phenoxy) is 2. The second-order valence-corrected chi connectivity index (χ2v) is 7.67. The van der Waals surface area contributed by atoms with Gasteiger partial charge in [0.15, 0.2) is 12.3 Å². The molecule has 1 N–H and O–H groups in total. The van der Waals surface area contributed by atoms with Gasteiger partial charge in [0.25, 0.3) is 5.91 Å². The van der Waals surface area contributed by atoms with Crippen LogP contribution in [0.2, 0.25) is 0 Å². The number of oxazole rings is 1. The van der Waals surface area contributed by atoms with Gasteiger partial charge in [0.1, 0.15) is 17.5 Å². The number of pyridine rings is 1. The molecule has 8 heteroatoms. The molecule has 4 heterocycles. The first-order chi connectivity index (χ1) is 14.8. The predicted molar refractivity (Wildman–Crippen MR) is 109 cm³/mol. The van der Waals surface area contributed by atoms with E-state index in [9.17, 15) is 4.79 Å². The molecule has 8 nitrogen and oxygen atoms in total. The number of hydrogen-bond donors (Lipinski definition) is 1. The van der Waals surface area contributed by atoms with E-state index in [0.717, 1.165) is 24.0 Å². The molecule has 156 valence electrons. The monoisotopic (exact) mass is 408 g/mol. The lowest BCUT2D eigenvalue weighted by molar-refractivity contribution is 0.0911. The zero-order valence-corrected chi connectivity index (χ0v) is 16.6. The average molecular weight is 408 g/mol. The zero-order valence-electron chi connectivity index (χ0n) is 16.6. The minimum Gasteiger partial charge on any atom is -0.482 e. The maximum atomic E-state index is 12.7. The van der Waals surface area contributed by atoms with Crippen LogP contribution in [0.4, 0.5) is 0 Å². The SMILES string of the molecule is O=C(N[C@@H]1COC[C@H]1N1CCCC1)c1coc(COc2cccc3cccnc23)n1. The highest BCUT2D eigenvalue weighted by molar-refractivity contribution is 5.92. The van der Waals surface area contributed by atoms with E-state index in [1.807, 2.05) is 30.3 Å². The zero-order chi connectivity index (χ0) is 20.3. The molecular formula is C22H24N4O4. The molecule has 0 aliphatic carbocycles. The van der Waals surface area contributed by atoms with Gasteiger partial charge < -0.3 is 19.2 Å². The summed E-state index contributed by atoms with van der Waals surface area (Å²) >= 11 is 0. The van der Waals surface area contributed by atoms with Crippen LogP contribution in [0.15, 0.2) is 47.2 Å². The lowest BCUT2D eigenvalue weighted by Crippen LogP contribution is -2.50. The number of rotatable bonds is 6. The summed E-state index contributed by atoms with van der Waals surface area (Å²) in [6.45, 7) is 3.42. The summed E-state index contributed by atoms with van der Waals surface area (Å²) in [5.74, 6) is 0.734. The number of hydrogen-bond acceptors (Lipinski definition) is 7. The lowest BCUT2D eigenvalue weighted by Gasteiger charge is -2.27. The molecule has 2 fully saturated rings. The molecule has 0 radical (unpaired) electrons. The molecule has 30 heavy (non-hydrogen) atoms. The van der Waals surface area contributed by atoms with Crippen molar-refractivity contribution in [3.8, 4) is 5.75 Å². The van der Waals surface area contributed by atoms with Crippen LogP contribution in [0.5, 0.6) is 5.75 Å². The Morgan fingerprint density at radius 3 is 2.97 bits per heavy atom. The Hall–Kier alpha value is -2.97. The van der Waals surface area contributed by atoms with Gasteiger partial charge in [-0.2, -0.15) is 0 Å². The first-order valence-corrected chi connectivity index (χ1v) is 10.3. The molecule has 1 amide bonds. The Labute approximate surface area is 174 Å². The maximum absolute atomic E-state index is 12.7. The molecule has 0 bridgehead atoms. The highest BCUT2D eigenvalue weighted by atomic mass is 16.5. The van der Waals surface area contributed by atoms with Crippen molar-refractivity contribution in [2.24, 2.45) is 0 Å². The fourth-order valence-corrected chi connectivity index (χ4v) is 4.17. The van der Waals surface area contributed by atoms with Gasteiger partial charge >= 0.3 is 0 Å². The van der Waals surface area contributed by atoms with Crippen molar-refractivity contribution in [1.82, 2.24) is 20.2 Å². The summed E-state index contributed by atoms with van der Waals surface area (Å²) in [4.78, 5) is 23.7. The third-order valence-electron chi connectivity index (χ3n) is 5.71. The highest BCUT2D eigenvalue weighted by Gasteiger charge is 2.35. The summed E-state index contributed by atoms with van der Waals surface area (Å²) in [5.41, 5.74) is 1.02. The van der Waals surface area contributed by atoms with Crippen LogP contribution < -0.4 is 10.1 Å². The largest absolute Gasteiger partial charge is 0.482 e. The second-order valence-electron chi connectivity index (χ2n) is 7.67. The standard InChI is InChI=1S/C22H24N4O4/c27-22(25-16-11-28-13-18(16)26-9-1-2-10-26)17-12-30-20(24-17)14-29-19-7-3-5-15-6-4-8-23-21(15)19/h3-8,12,16,18H,1-2,9-11,13-14H2,(H,25,27)/t16-,18-/m1/s1. The fraction of sp³-hybridized carbons (Fsp3) is 0.409. The number of carbonyl (C=O) groups is 1. The Morgan fingerprint density at radius 1 is 1.20 bits per heavy atom. The second kappa shape index (κ2) is 8.41. The molecule has 0 spiro atoms. The molecule has 0 unspecified atom stereocenters. The van der Waals surface area contributed by atoms with Crippen LogP contribution in [-0.2, 0) is 11.3 Å². The fourth-order valence-electron chi connectivity index (χ4n) is 4.17. The van der Waals surface area contributed by atoms with Crippen LogP contribution in [0.3, 0.4) is 0 Å². The van der Waals surface area contributed by atoms with Crippen LogP contribution in [0.1, 0.15) is 29.2 Å². The Bertz CT molecular complexity index is 1030. The molecule has 2 aromatic heterocycles. The highest BCUT2D eigenvalue weighted by Crippen LogP contribution is 2.24. The van der Waals surface area contributed by atoms with Gasteiger partial charge in [0, 0.05) is 11.6 Å². The Morgan fingerprint density at radius 2 is 2.07 bits per heavy atom. The van der Waals surface area contributed by atoms with Crippen LogP contribution in [-0.4, -0.2) is 59.2 Å². The third kappa shape index (κ3) is 3.88. The van der Waals surface area contributed by atoms with Crippen molar-refractivity contribution in [3.63, 3.8) is 0 Å². The van der Waals surface area contributed by atoms with E-state index in [0.29, 0.717) is 24.9 Å².